The van der Waals surface area contributed by atoms with Crippen molar-refractivity contribution in [3.05, 3.63) is 71.6 Å². The largest absolute Gasteiger partial charge is 0.412 e. The first kappa shape index (κ1) is 17.4. The molecular weight excluding hydrogens is 366 g/mol. The van der Waals surface area contributed by atoms with E-state index in [9.17, 15) is 13.2 Å². The first-order valence-corrected chi connectivity index (χ1v) is 10.2. The Labute approximate surface area is 156 Å². The summed E-state index contributed by atoms with van der Waals surface area (Å²) in [5, 5.41) is 6.91. The van der Waals surface area contributed by atoms with Gasteiger partial charge in [-0.25, -0.2) is 8.42 Å². The van der Waals surface area contributed by atoms with Crippen LogP contribution in [0.3, 0.4) is 0 Å². The third-order valence-electron chi connectivity index (χ3n) is 4.41. The van der Waals surface area contributed by atoms with Crippen LogP contribution in [0.15, 0.2) is 64.2 Å². The van der Waals surface area contributed by atoms with Crippen molar-refractivity contribution in [3.8, 4) is 0 Å². The van der Waals surface area contributed by atoms with Gasteiger partial charge in [0.05, 0.1) is 6.42 Å². The molecule has 0 unspecified atom stereocenters. The van der Waals surface area contributed by atoms with Gasteiger partial charge in [0.15, 0.2) is 0 Å². The Morgan fingerprint density at radius 2 is 1.78 bits per heavy atom. The minimum atomic E-state index is -4.00. The van der Waals surface area contributed by atoms with Gasteiger partial charge in [-0.3, -0.25) is 4.79 Å². The van der Waals surface area contributed by atoms with Gasteiger partial charge in [0.1, 0.15) is 5.75 Å². The van der Waals surface area contributed by atoms with Crippen LogP contribution in [0.25, 0.3) is 0 Å². The van der Waals surface area contributed by atoms with Crippen LogP contribution in [0, 0.1) is 0 Å². The summed E-state index contributed by atoms with van der Waals surface area (Å²) in [6, 6.07) is 16.9. The van der Waals surface area contributed by atoms with Crippen LogP contribution in [0.1, 0.15) is 17.0 Å². The molecule has 0 fully saturated rings. The van der Waals surface area contributed by atoms with Gasteiger partial charge < -0.3 is 9.32 Å². The lowest BCUT2D eigenvalue weighted by molar-refractivity contribution is -0.116. The first-order chi connectivity index (χ1) is 13.0. The van der Waals surface area contributed by atoms with Gasteiger partial charge in [-0.05, 0) is 23.6 Å². The number of nitrogens with zero attached hydrogens (tertiary/aromatic N) is 3. The van der Waals surface area contributed by atoms with Gasteiger partial charge in [0.2, 0.25) is 21.6 Å². The molecule has 0 atom stereocenters. The highest BCUT2D eigenvalue weighted by molar-refractivity contribution is 7.91. The molecule has 0 aliphatic carbocycles. The fraction of sp³-hybridized carbons (Fsp3) is 0.211. The van der Waals surface area contributed by atoms with Crippen molar-refractivity contribution in [3.63, 3.8) is 0 Å². The number of carbonyl (C=O) groups is 1. The number of hydrogen-bond donors (Lipinski definition) is 0. The molecule has 8 heteroatoms. The average Bonchev–Trinajstić information content (AvgIpc) is 3.29. The number of carbonyl (C=O) groups excluding carboxylic acids is 1. The van der Waals surface area contributed by atoms with Gasteiger partial charge in [0.25, 0.3) is 0 Å². The van der Waals surface area contributed by atoms with Crippen molar-refractivity contribution >= 4 is 21.4 Å². The lowest BCUT2D eigenvalue weighted by Gasteiger charge is -2.16. The number of fused-ring (bicyclic) bond motifs is 1. The average molecular weight is 383 g/mol. The second-order valence-electron chi connectivity index (χ2n) is 6.31. The molecule has 0 saturated heterocycles. The zero-order valence-electron chi connectivity index (χ0n) is 14.4. The molecule has 0 bridgehead atoms. The monoisotopic (exact) mass is 383 g/mol. The zero-order valence-corrected chi connectivity index (χ0v) is 15.2. The van der Waals surface area contributed by atoms with E-state index >= 15 is 0 Å². The fourth-order valence-electron chi connectivity index (χ4n) is 3.11. The SMILES string of the molecule is O=C(CS(=O)(=O)c1nnc(Cc2ccccc2)o1)N1CCc2ccccc21. The molecule has 2 heterocycles. The Morgan fingerprint density at radius 1 is 1.04 bits per heavy atom. The Bertz CT molecular complexity index is 1080. The lowest BCUT2D eigenvalue weighted by atomic mass is 10.2. The second-order valence-corrected chi connectivity index (χ2v) is 8.17. The lowest BCUT2D eigenvalue weighted by Crippen LogP contribution is -2.34. The Kier molecular flexibility index (Phi) is 4.49. The number of benzene rings is 2. The molecule has 4 rings (SSSR count). The summed E-state index contributed by atoms with van der Waals surface area (Å²) in [4.78, 5) is 14.0. The molecule has 0 saturated carbocycles. The summed E-state index contributed by atoms with van der Waals surface area (Å²) in [6.07, 6.45) is 1.04. The molecule has 3 aromatic rings. The van der Waals surface area contributed by atoms with Gasteiger partial charge in [0, 0.05) is 12.2 Å². The zero-order chi connectivity index (χ0) is 18.9. The van der Waals surface area contributed by atoms with Crippen molar-refractivity contribution in [2.45, 2.75) is 18.1 Å². The topological polar surface area (TPSA) is 93.4 Å². The highest BCUT2D eigenvalue weighted by atomic mass is 32.2. The van der Waals surface area contributed by atoms with Gasteiger partial charge in [-0.2, -0.15) is 0 Å². The van der Waals surface area contributed by atoms with E-state index in [0.717, 1.165) is 16.8 Å². The second kappa shape index (κ2) is 6.96. The maximum atomic E-state index is 12.6. The van der Waals surface area contributed by atoms with E-state index in [-0.39, 0.29) is 5.89 Å². The van der Waals surface area contributed by atoms with E-state index in [1.807, 2.05) is 54.6 Å². The quantitative estimate of drug-likeness (QED) is 0.669. The van der Waals surface area contributed by atoms with E-state index < -0.39 is 26.7 Å². The summed E-state index contributed by atoms with van der Waals surface area (Å²) in [5.74, 6) is -1.00. The molecule has 2 aromatic carbocycles. The molecule has 138 valence electrons. The van der Waals surface area contributed by atoms with Crippen LogP contribution < -0.4 is 4.90 Å². The highest BCUT2D eigenvalue weighted by Gasteiger charge is 2.31. The number of rotatable bonds is 5. The molecule has 0 N–H and O–H groups in total. The van der Waals surface area contributed by atoms with Crippen LogP contribution in [0.2, 0.25) is 0 Å². The third kappa shape index (κ3) is 3.61. The van der Waals surface area contributed by atoms with Crippen LogP contribution in [-0.4, -0.2) is 36.8 Å². The molecule has 1 aromatic heterocycles. The third-order valence-corrected chi connectivity index (χ3v) is 5.74. The van der Waals surface area contributed by atoms with Crippen LogP contribution in [0.5, 0.6) is 0 Å². The van der Waals surface area contributed by atoms with Crippen molar-refractivity contribution in [2.24, 2.45) is 0 Å². The molecule has 0 spiro atoms. The smallest absolute Gasteiger partial charge is 0.336 e. The minimum Gasteiger partial charge on any atom is -0.412 e. The fourth-order valence-corrected chi connectivity index (χ4v) is 4.10. The van der Waals surface area contributed by atoms with Crippen LogP contribution >= 0.6 is 0 Å². The maximum absolute atomic E-state index is 12.6. The molecular formula is C19H17N3O4S. The summed E-state index contributed by atoms with van der Waals surface area (Å²) < 4.78 is 30.4. The number of amides is 1. The number of anilines is 1. The van der Waals surface area contributed by atoms with Crippen molar-refractivity contribution in [2.75, 3.05) is 17.2 Å². The van der Waals surface area contributed by atoms with Crippen molar-refractivity contribution < 1.29 is 17.6 Å². The predicted molar refractivity (Wildman–Crippen MR) is 98.1 cm³/mol. The van der Waals surface area contributed by atoms with Gasteiger partial charge in [-0.1, -0.05) is 53.6 Å². The van der Waals surface area contributed by atoms with E-state index in [0.29, 0.717) is 19.4 Å². The normalized spacial score (nSPS) is 13.6. The van der Waals surface area contributed by atoms with E-state index in [4.69, 9.17) is 4.42 Å². The predicted octanol–water partition coefficient (Wildman–Crippen LogP) is 2.02. The number of para-hydroxylation sites is 1. The van der Waals surface area contributed by atoms with Crippen LogP contribution in [0.4, 0.5) is 5.69 Å². The van der Waals surface area contributed by atoms with Crippen molar-refractivity contribution in [1.82, 2.24) is 10.2 Å². The highest BCUT2D eigenvalue weighted by Crippen LogP contribution is 2.28. The Hall–Kier alpha value is -3.00. The summed E-state index contributed by atoms with van der Waals surface area (Å²) in [7, 11) is -4.00. The molecule has 1 amide bonds. The number of sulfone groups is 1. The number of hydrogen-bond acceptors (Lipinski definition) is 6. The summed E-state index contributed by atoms with van der Waals surface area (Å²) in [6.45, 7) is 0.469. The first-order valence-electron chi connectivity index (χ1n) is 8.50. The molecule has 1 aliphatic rings. The van der Waals surface area contributed by atoms with Crippen LogP contribution in [-0.2, 0) is 27.5 Å². The van der Waals surface area contributed by atoms with Gasteiger partial charge >= 0.3 is 5.22 Å². The van der Waals surface area contributed by atoms with E-state index in [1.165, 1.54) is 4.90 Å². The van der Waals surface area contributed by atoms with E-state index in [2.05, 4.69) is 10.2 Å². The maximum Gasteiger partial charge on any atom is 0.336 e. The van der Waals surface area contributed by atoms with E-state index in [1.54, 1.807) is 0 Å². The summed E-state index contributed by atoms with van der Waals surface area (Å²) >= 11 is 0. The standard InChI is InChI=1S/C19H17N3O4S/c23-18(22-11-10-15-8-4-5-9-16(15)22)13-27(24,25)19-21-20-17(26-19)12-14-6-2-1-3-7-14/h1-9H,10-13H2. The Balaban J connectivity index is 1.49. The Morgan fingerprint density at radius 3 is 2.59 bits per heavy atom. The molecule has 0 radical (unpaired) electrons. The number of aromatic nitrogens is 2. The molecule has 1 aliphatic heterocycles. The molecule has 7 nitrogen and oxygen atoms in total. The minimum absolute atomic E-state index is 0.193. The van der Waals surface area contributed by atoms with Gasteiger partial charge in [-0.15, -0.1) is 5.10 Å². The van der Waals surface area contributed by atoms with Crippen molar-refractivity contribution in [1.29, 1.82) is 0 Å². The summed E-state index contributed by atoms with van der Waals surface area (Å²) in [5.41, 5.74) is 2.72. The molecule has 27 heavy (non-hydrogen) atoms.